The first-order chi connectivity index (χ1) is 16.5. The number of aliphatic imine (C=N–C) groups is 1. The first-order valence-corrected chi connectivity index (χ1v) is 12.3. The molecule has 5 heteroatoms. The molecule has 4 rings (SSSR count). The first-order valence-electron chi connectivity index (χ1n) is 11.5. The van der Waals surface area contributed by atoms with Gasteiger partial charge in [0.1, 0.15) is 4.88 Å². The molecule has 0 amide bonds. The average molecular weight is 468 g/mol. The maximum absolute atomic E-state index is 13.4. The van der Waals surface area contributed by atoms with Crippen LogP contribution in [0.25, 0.3) is 11.3 Å². The molecule has 1 aromatic heterocycles. The quantitative estimate of drug-likeness (QED) is 0.162. The van der Waals surface area contributed by atoms with Gasteiger partial charge in [-0.15, -0.1) is 11.3 Å². The van der Waals surface area contributed by atoms with E-state index in [1.165, 1.54) is 22.5 Å². The number of aryl methyl sites for hydroxylation is 2. The molecule has 3 aromatic carbocycles. The van der Waals surface area contributed by atoms with Crippen molar-refractivity contribution in [3.63, 3.8) is 0 Å². The van der Waals surface area contributed by atoms with Gasteiger partial charge in [0.15, 0.2) is 0 Å². The molecular weight excluding hydrogens is 438 g/mol. The summed E-state index contributed by atoms with van der Waals surface area (Å²) in [5.41, 5.74) is 6.87. The standard InChI is InChI=1S/C29H29N3OS/c1-5-32(4)19-30-25-17-20(2)24(16-21(25)3)18-26-31-27(22-12-8-6-9-13-22)29(34-26)28(33)23-14-10-7-11-15-23/h6-17,19H,5,18H2,1-4H3. The number of thiazole rings is 1. The van der Waals surface area contributed by atoms with Gasteiger partial charge in [0, 0.05) is 31.1 Å². The maximum atomic E-state index is 13.4. The average Bonchev–Trinajstić information content (AvgIpc) is 3.29. The number of hydrogen-bond donors (Lipinski definition) is 0. The summed E-state index contributed by atoms with van der Waals surface area (Å²) in [6.45, 7) is 7.21. The molecule has 4 nitrogen and oxygen atoms in total. The summed E-state index contributed by atoms with van der Waals surface area (Å²) in [4.78, 5) is 25.7. The molecule has 1 heterocycles. The van der Waals surface area contributed by atoms with Gasteiger partial charge in [-0.2, -0.15) is 0 Å². The van der Waals surface area contributed by atoms with Crippen LogP contribution in [0.3, 0.4) is 0 Å². The zero-order valence-electron chi connectivity index (χ0n) is 20.1. The number of carbonyl (C=O) groups excluding carboxylic acids is 1. The number of rotatable bonds is 8. The zero-order valence-corrected chi connectivity index (χ0v) is 20.9. The molecule has 0 radical (unpaired) electrons. The molecule has 0 saturated heterocycles. The van der Waals surface area contributed by atoms with Crippen molar-refractivity contribution in [1.29, 1.82) is 0 Å². The highest BCUT2D eigenvalue weighted by molar-refractivity contribution is 7.14. The molecule has 0 aliphatic rings. The summed E-state index contributed by atoms with van der Waals surface area (Å²) < 4.78 is 0. The molecule has 0 aliphatic heterocycles. The molecule has 0 spiro atoms. The van der Waals surface area contributed by atoms with Crippen LogP contribution in [0, 0.1) is 13.8 Å². The second-order valence-electron chi connectivity index (χ2n) is 8.41. The summed E-state index contributed by atoms with van der Waals surface area (Å²) in [6, 6.07) is 23.7. The highest BCUT2D eigenvalue weighted by atomic mass is 32.1. The third-order valence-electron chi connectivity index (χ3n) is 5.85. The largest absolute Gasteiger partial charge is 0.366 e. The lowest BCUT2D eigenvalue weighted by atomic mass is 10.0. The SMILES string of the molecule is CCN(C)C=Nc1cc(C)c(Cc2nc(-c3ccccc3)c(C(=O)c3ccccc3)s2)cc1C. The molecule has 172 valence electrons. The van der Waals surface area contributed by atoms with Gasteiger partial charge in [-0.1, -0.05) is 66.7 Å². The second-order valence-corrected chi connectivity index (χ2v) is 9.49. The van der Waals surface area contributed by atoms with E-state index in [0.29, 0.717) is 16.9 Å². The normalized spacial score (nSPS) is 11.2. The van der Waals surface area contributed by atoms with Gasteiger partial charge >= 0.3 is 0 Å². The number of benzene rings is 3. The highest BCUT2D eigenvalue weighted by Gasteiger charge is 2.21. The Balaban J connectivity index is 1.69. The van der Waals surface area contributed by atoms with Crippen LogP contribution in [0.2, 0.25) is 0 Å². The van der Waals surface area contributed by atoms with Crippen molar-refractivity contribution < 1.29 is 4.79 Å². The number of aromatic nitrogens is 1. The third-order valence-corrected chi connectivity index (χ3v) is 6.90. The topological polar surface area (TPSA) is 45.6 Å². The van der Waals surface area contributed by atoms with Crippen LogP contribution in [0.1, 0.15) is 43.9 Å². The number of ketones is 1. The van der Waals surface area contributed by atoms with Crippen LogP contribution in [-0.2, 0) is 6.42 Å². The van der Waals surface area contributed by atoms with Crippen LogP contribution in [0.5, 0.6) is 0 Å². The zero-order chi connectivity index (χ0) is 24.1. The van der Waals surface area contributed by atoms with Gasteiger partial charge in [-0.05, 0) is 43.5 Å². The predicted molar refractivity (Wildman–Crippen MR) is 143 cm³/mol. The second kappa shape index (κ2) is 10.6. The minimum absolute atomic E-state index is 0.0147. The molecule has 0 bridgehead atoms. The predicted octanol–water partition coefficient (Wildman–Crippen LogP) is 6.86. The fraction of sp³-hybridized carbons (Fsp3) is 0.207. The van der Waals surface area contributed by atoms with Gasteiger partial charge in [0.2, 0.25) is 5.78 Å². The van der Waals surface area contributed by atoms with Crippen molar-refractivity contribution in [2.45, 2.75) is 27.2 Å². The molecule has 0 atom stereocenters. The van der Waals surface area contributed by atoms with Crippen LogP contribution in [-0.4, -0.2) is 35.6 Å². The Hall–Kier alpha value is -3.57. The van der Waals surface area contributed by atoms with Gasteiger partial charge < -0.3 is 4.90 Å². The minimum Gasteiger partial charge on any atom is -0.366 e. The summed E-state index contributed by atoms with van der Waals surface area (Å²) >= 11 is 1.49. The molecule has 4 aromatic rings. The fourth-order valence-electron chi connectivity index (χ4n) is 3.70. The van der Waals surface area contributed by atoms with Gasteiger partial charge in [0.05, 0.1) is 22.7 Å². The van der Waals surface area contributed by atoms with E-state index >= 15 is 0 Å². The van der Waals surface area contributed by atoms with Crippen molar-refractivity contribution >= 4 is 29.1 Å². The molecule has 0 aliphatic carbocycles. The van der Waals surface area contributed by atoms with E-state index in [1.807, 2.05) is 74.0 Å². The van der Waals surface area contributed by atoms with Crippen molar-refractivity contribution in [3.05, 3.63) is 105 Å². The van der Waals surface area contributed by atoms with Gasteiger partial charge in [0.25, 0.3) is 0 Å². The van der Waals surface area contributed by atoms with Crippen molar-refractivity contribution in [2.24, 2.45) is 4.99 Å². The van der Waals surface area contributed by atoms with E-state index in [0.717, 1.165) is 34.1 Å². The maximum Gasteiger partial charge on any atom is 0.205 e. The number of hydrogen-bond acceptors (Lipinski definition) is 4. The van der Waals surface area contributed by atoms with E-state index in [2.05, 4.69) is 42.8 Å². The Bertz CT molecular complexity index is 1310. The molecule has 0 N–H and O–H groups in total. The Labute approximate surface area is 205 Å². The lowest BCUT2D eigenvalue weighted by Gasteiger charge is -2.11. The number of nitrogens with zero attached hydrogens (tertiary/aromatic N) is 3. The molecule has 34 heavy (non-hydrogen) atoms. The summed E-state index contributed by atoms with van der Waals surface area (Å²) in [5.74, 6) is 0.0147. The molecular formula is C29H29N3OS. The Morgan fingerprint density at radius 2 is 1.68 bits per heavy atom. The lowest BCUT2D eigenvalue weighted by Crippen LogP contribution is -2.14. The minimum atomic E-state index is 0.0147. The Morgan fingerprint density at radius 3 is 2.35 bits per heavy atom. The monoisotopic (exact) mass is 467 g/mol. The van der Waals surface area contributed by atoms with Crippen LogP contribution >= 0.6 is 11.3 Å². The van der Waals surface area contributed by atoms with Crippen molar-refractivity contribution in [2.75, 3.05) is 13.6 Å². The summed E-state index contributed by atoms with van der Waals surface area (Å²) in [7, 11) is 2.02. The van der Waals surface area contributed by atoms with E-state index in [1.54, 1.807) is 0 Å². The van der Waals surface area contributed by atoms with E-state index in [9.17, 15) is 4.79 Å². The van der Waals surface area contributed by atoms with Crippen LogP contribution < -0.4 is 0 Å². The van der Waals surface area contributed by atoms with Crippen LogP contribution in [0.4, 0.5) is 5.69 Å². The Kier molecular flexibility index (Phi) is 7.33. The third kappa shape index (κ3) is 5.32. The summed E-state index contributed by atoms with van der Waals surface area (Å²) in [6.07, 6.45) is 2.55. The number of carbonyl (C=O) groups is 1. The highest BCUT2D eigenvalue weighted by Crippen LogP contribution is 2.33. The van der Waals surface area contributed by atoms with Crippen molar-refractivity contribution in [1.82, 2.24) is 9.88 Å². The van der Waals surface area contributed by atoms with E-state index in [4.69, 9.17) is 4.98 Å². The van der Waals surface area contributed by atoms with E-state index < -0.39 is 0 Å². The molecule has 0 unspecified atom stereocenters. The lowest BCUT2D eigenvalue weighted by molar-refractivity contribution is 0.104. The summed E-state index contributed by atoms with van der Waals surface area (Å²) in [5, 5.41) is 0.933. The smallest absolute Gasteiger partial charge is 0.205 e. The van der Waals surface area contributed by atoms with E-state index in [-0.39, 0.29) is 5.78 Å². The Morgan fingerprint density at radius 1 is 1.00 bits per heavy atom. The fourth-order valence-corrected chi connectivity index (χ4v) is 4.77. The molecule has 0 fully saturated rings. The van der Waals surface area contributed by atoms with Gasteiger partial charge in [-0.25, -0.2) is 9.98 Å². The van der Waals surface area contributed by atoms with Gasteiger partial charge in [-0.3, -0.25) is 4.79 Å². The van der Waals surface area contributed by atoms with Crippen molar-refractivity contribution in [3.8, 4) is 11.3 Å². The first kappa shape index (κ1) is 23.6. The van der Waals surface area contributed by atoms with Crippen LogP contribution in [0.15, 0.2) is 77.8 Å². The molecule has 0 saturated carbocycles.